The lowest BCUT2D eigenvalue weighted by atomic mass is 9.97. The second-order valence-electron chi connectivity index (χ2n) is 4.58. The van der Waals surface area contributed by atoms with Gasteiger partial charge < -0.3 is 0 Å². The third-order valence-corrected chi connectivity index (χ3v) is 3.55. The van der Waals surface area contributed by atoms with Crippen LogP contribution in [0, 0.1) is 12.7 Å². The Morgan fingerprint density at radius 1 is 1.26 bits per heavy atom. The number of aryl methyl sites for hydroxylation is 1. The van der Waals surface area contributed by atoms with E-state index < -0.39 is 0 Å². The maximum Gasteiger partial charge on any atom is 0.128 e. The van der Waals surface area contributed by atoms with Crippen LogP contribution >= 0.6 is 15.9 Å². The van der Waals surface area contributed by atoms with Gasteiger partial charge in [-0.15, -0.1) is 0 Å². The minimum Gasteiger partial charge on any atom is -0.271 e. The van der Waals surface area contributed by atoms with Gasteiger partial charge in [0.25, 0.3) is 0 Å². The lowest BCUT2D eigenvalue weighted by molar-refractivity contribution is 0.510. The molecule has 0 spiro atoms. The van der Waals surface area contributed by atoms with Gasteiger partial charge in [-0.25, -0.2) is 4.39 Å². The molecular weight excluding hydrogens is 307 g/mol. The molecule has 2 aromatic carbocycles. The first-order valence-corrected chi connectivity index (χ1v) is 6.86. The fourth-order valence-electron chi connectivity index (χ4n) is 2.09. The van der Waals surface area contributed by atoms with Crippen molar-refractivity contribution in [2.24, 2.45) is 5.84 Å². The number of nitrogens with two attached hydrogens (primary N) is 1. The van der Waals surface area contributed by atoms with Gasteiger partial charge in [-0.2, -0.15) is 0 Å². The third kappa shape index (κ3) is 3.62. The van der Waals surface area contributed by atoms with Crippen molar-refractivity contribution in [2.75, 3.05) is 0 Å². The molecule has 0 amide bonds. The zero-order chi connectivity index (χ0) is 13.8. The van der Waals surface area contributed by atoms with Crippen LogP contribution in [0.4, 0.5) is 4.39 Å². The average molecular weight is 323 g/mol. The molecule has 0 aromatic heterocycles. The molecular formula is C15H16BrFN2. The van der Waals surface area contributed by atoms with E-state index in [0.29, 0.717) is 12.0 Å². The summed E-state index contributed by atoms with van der Waals surface area (Å²) in [6, 6.07) is 12.8. The Hall–Kier alpha value is -1.23. The van der Waals surface area contributed by atoms with Gasteiger partial charge in [-0.1, -0.05) is 45.8 Å². The highest BCUT2D eigenvalue weighted by Crippen LogP contribution is 2.23. The van der Waals surface area contributed by atoms with Crippen molar-refractivity contribution in [2.45, 2.75) is 19.4 Å². The van der Waals surface area contributed by atoms with Gasteiger partial charge >= 0.3 is 0 Å². The number of hydrazine groups is 1. The second-order valence-corrected chi connectivity index (χ2v) is 5.49. The highest BCUT2D eigenvalue weighted by atomic mass is 79.9. The third-order valence-electron chi connectivity index (χ3n) is 3.06. The highest BCUT2D eigenvalue weighted by molar-refractivity contribution is 9.10. The van der Waals surface area contributed by atoms with Crippen molar-refractivity contribution in [1.29, 1.82) is 0 Å². The molecule has 100 valence electrons. The monoisotopic (exact) mass is 322 g/mol. The molecule has 1 atom stereocenters. The smallest absolute Gasteiger partial charge is 0.128 e. The minimum atomic E-state index is -0.241. The maximum absolute atomic E-state index is 13.9. The molecule has 4 heteroatoms. The van der Waals surface area contributed by atoms with Crippen LogP contribution in [0.3, 0.4) is 0 Å². The van der Waals surface area contributed by atoms with Crippen molar-refractivity contribution in [3.8, 4) is 0 Å². The molecule has 2 aromatic rings. The van der Waals surface area contributed by atoms with Crippen LogP contribution in [0.1, 0.15) is 22.7 Å². The van der Waals surface area contributed by atoms with Gasteiger partial charge in [0.1, 0.15) is 5.82 Å². The predicted octanol–water partition coefficient (Wildman–Crippen LogP) is 3.64. The molecule has 0 aliphatic carbocycles. The Morgan fingerprint density at radius 3 is 2.74 bits per heavy atom. The Balaban J connectivity index is 2.27. The standard InChI is InChI=1S/C15H16BrFN2/c1-10-5-6-14(17)13(7-10)15(19-18)9-11-3-2-4-12(16)8-11/h2-8,15,19H,9,18H2,1H3. The molecule has 0 saturated heterocycles. The van der Waals surface area contributed by atoms with Gasteiger partial charge in [-0.05, 0) is 37.1 Å². The van der Waals surface area contributed by atoms with Crippen molar-refractivity contribution in [3.05, 3.63) is 69.4 Å². The Morgan fingerprint density at radius 2 is 2.05 bits per heavy atom. The molecule has 0 aliphatic heterocycles. The lowest BCUT2D eigenvalue weighted by Gasteiger charge is -2.18. The summed E-state index contributed by atoms with van der Waals surface area (Å²) >= 11 is 3.43. The van der Waals surface area contributed by atoms with Gasteiger partial charge in [0.2, 0.25) is 0 Å². The highest BCUT2D eigenvalue weighted by Gasteiger charge is 2.15. The summed E-state index contributed by atoms with van der Waals surface area (Å²) in [6.07, 6.45) is 0.635. The molecule has 2 nitrogen and oxygen atoms in total. The second kappa shape index (κ2) is 6.28. The average Bonchev–Trinajstić information content (AvgIpc) is 2.39. The van der Waals surface area contributed by atoms with Gasteiger partial charge in [0.05, 0.1) is 6.04 Å². The van der Waals surface area contributed by atoms with Crippen LogP contribution in [0.5, 0.6) is 0 Å². The Labute approximate surface area is 120 Å². The Bertz CT molecular complexity index is 572. The molecule has 0 heterocycles. The normalized spacial score (nSPS) is 12.4. The van der Waals surface area contributed by atoms with E-state index in [1.54, 1.807) is 6.07 Å². The minimum absolute atomic E-state index is 0.233. The van der Waals surface area contributed by atoms with E-state index in [0.717, 1.165) is 15.6 Å². The quantitative estimate of drug-likeness (QED) is 0.666. The number of rotatable bonds is 4. The summed E-state index contributed by atoms with van der Waals surface area (Å²) in [4.78, 5) is 0. The van der Waals surface area contributed by atoms with E-state index in [4.69, 9.17) is 5.84 Å². The number of benzene rings is 2. The summed E-state index contributed by atoms with van der Waals surface area (Å²) in [7, 11) is 0. The fourth-order valence-corrected chi connectivity index (χ4v) is 2.54. The first-order chi connectivity index (χ1) is 9.10. The van der Waals surface area contributed by atoms with E-state index in [1.807, 2.05) is 37.3 Å². The van der Waals surface area contributed by atoms with Crippen LogP contribution < -0.4 is 11.3 Å². The summed E-state index contributed by atoms with van der Waals surface area (Å²) in [5.41, 5.74) is 5.41. The molecule has 0 fully saturated rings. The zero-order valence-electron chi connectivity index (χ0n) is 10.7. The van der Waals surface area contributed by atoms with Crippen LogP contribution in [-0.2, 0) is 6.42 Å². The van der Waals surface area contributed by atoms with Crippen LogP contribution in [0.25, 0.3) is 0 Å². The predicted molar refractivity (Wildman–Crippen MR) is 79.0 cm³/mol. The largest absolute Gasteiger partial charge is 0.271 e. The molecule has 0 bridgehead atoms. The lowest BCUT2D eigenvalue weighted by Crippen LogP contribution is -2.30. The first kappa shape index (κ1) is 14.2. The molecule has 3 N–H and O–H groups in total. The van der Waals surface area contributed by atoms with Crippen molar-refractivity contribution in [3.63, 3.8) is 0 Å². The number of nitrogens with one attached hydrogen (secondary N) is 1. The van der Waals surface area contributed by atoms with E-state index >= 15 is 0 Å². The van der Waals surface area contributed by atoms with Crippen molar-refractivity contribution < 1.29 is 4.39 Å². The summed E-state index contributed by atoms with van der Waals surface area (Å²) in [5.74, 6) is 5.35. The number of halogens is 2. The topological polar surface area (TPSA) is 38.0 Å². The fraction of sp³-hybridized carbons (Fsp3) is 0.200. The Kier molecular flexibility index (Phi) is 4.69. The summed E-state index contributed by atoms with van der Waals surface area (Å²) < 4.78 is 14.9. The summed E-state index contributed by atoms with van der Waals surface area (Å²) in [5, 5.41) is 0. The molecule has 0 aliphatic rings. The molecule has 0 radical (unpaired) electrons. The molecule has 2 rings (SSSR count). The number of hydrogen-bond acceptors (Lipinski definition) is 2. The first-order valence-electron chi connectivity index (χ1n) is 6.07. The molecule has 1 unspecified atom stereocenters. The molecule has 0 saturated carbocycles. The summed E-state index contributed by atoms with van der Waals surface area (Å²) in [6.45, 7) is 1.94. The van der Waals surface area contributed by atoms with Gasteiger partial charge in [0.15, 0.2) is 0 Å². The van der Waals surface area contributed by atoms with Crippen LogP contribution in [0.2, 0.25) is 0 Å². The number of hydrogen-bond donors (Lipinski definition) is 2. The SMILES string of the molecule is Cc1ccc(F)c(C(Cc2cccc(Br)c2)NN)c1. The van der Waals surface area contributed by atoms with Gasteiger partial charge in [0, 0.05) is 10.0 Å². The van der Waals surface area contributed by atoms with E-state index in [2.05, 4.69) is 21.4 Å². The van der Waals surface area contributed by atoms with Gasteiger partial charge in [-0.3, -0.25) is 11.3 Å². The van der Waals surface area contributed by atoms with Crippen LogP contribution in [0.15, 0.2) is 46.9 Å². The van der Waals surface area contributed by atoms with E-state index in [1.165, 1.54) is 6.07 Å². The molecule has 19 heavy (non-hydrogen) atoms. The van der Waals surface area contributed by atoms with Crippen molar-refractivity contribution in [1.82, 2.24) is 5.43 Å². The zero-order valence-corrected chi connectivity index (χ0v) is 12.2. The van der Waals surface area contributed by atoms with Crippen LogP contribution in [-0.4, -0.2) is 0 Å². The van der Waals surface area contributed by atoms with E-state index in [9.17, 15) is 4.39 Å². The van der Waals surface area contributed by atoms with Crippen molar-refractivity contribution >= 4 is 15.9 Å². The maximum atomic E-state index is 13.9. The van der Waals surface area contributed by atoms with E-state index in [-0.39, 0.29) is 11.9 Å².